The number of aromatic nitrogens is 4. The molecule has 0 saturated carbocycles. The van der Waals surface area contributed by atoms with Crippen LogP contribution in [0.3, 0.4) is 0 Å². The lowest BCUT2D eigenvalue weighted by Crippen LogP contribution is -2.17. The van der Waals surface area contributed by atoms with Gasteiger partial charge in [-0.15, -0.1) is 0 Å². The zero-order chi connectivity index (χ0) is 15.5. The Kier molecular flexibility index (Phi) is 3.74. The second-order valence-corrected chi connectivity index (χ2v) is 4.91. The first-order chi connectivity index (χ1) is 10.7. The molecule has 1 amide bonds. The number of H-pyrrole nitrogens is 1. The van der Waals surface area contributed by atoms with E-state index in [1.807, 2.05) is 44.2 Å². The van der Waals surface area contributed by atoms with Crippen molar-refractivity contribution in [3.63, 3.8) is 0 Å². The predicted octanol–water partition coefficient (Wildman–Crippen LogP) is 2.72. The van der Waals surface area contributed by atoms with Crippen molar-refractivity contribution in [3.05, 3.63) is 59.8 Å². The fourth-order valence-corrected chi connectivity index (χ4v) is 2.34. The minimum atomic E-state index is -0.284. The van der Waals surface area contributed by atoms with Crippen molar-refractivity contribution >= 4 is 11.7 Å². The zero-order valence-electron chi connectivity index (χ0n) is 12.5. The van der Waals surface area contributed by atoms with Crippen LogP contribution in [0.2, 0.25) is 0 Å². The molecule has 112 valence electrons. The molecule has 6 nitrogen and oxygen atoms in total. The van der Waals surface area contributed by atoms with Crippen LogP contribution in [0.4, 0.5) is 5.82 Å². The molecule has 22 heavy (non-hydrogen) atoms. The van der Waals surface area contributed by atoms with Crippen molar-refractivity contribution in [1.29, 1.82) is 0 Å². The van der Waals surface area contributed by atoms with Gasteiger partial charge in [0.15, 0.2) is 5.82 Å². The first-order valence-electron chi connectivity index (χ1n) is 7.15. The number of benzene rings is 1. The molecule has 1 aromatic carbocycles. The van der Waals surface area contributed by atoms with Gasteiger partial charge >= 0.3 is 0 Å². The van der Waals surface area contributed by atoms with E-state index in [-0.39, 0.29) is 11.7 Å². The number of amides is 1. The van der Waals surface area contributed by atoms with Gasteiger partial charge in [0.1, 0.15) is 5.82 Å². The third-order valence-corrected chi connectivity index (χ3v) is 3.50. The molecule has 3 aromatic rings. The maximum absolute atomic E-state index is 12.3. The number of hydrogen-bond donors (Lipinski definition) is 2. The Labute approximate surface area is 128 Å². The molecule has 0 spiro atoms. The molecule has 0 saturated heterocycles. The van der Waals surface area contributed by atoms with E-state index >= 15 is 0 Å². The number of aryl methyl sites for hydroxylation is 1. The molecule has 0 unspecified atom stereocenters. The number of imidazole rings is 1. The highest BCUT2D eigenvalue weighted by molar-refractivity contribution is 6.01. The molecule has 0 aliphatic heterocycles. The van der Waals surface area contributed by atoms with E-state index < -0.39 is 0 Å². The highest BCUT2D eigenvalue weighted by atomic mass is 16.2. The molecule has 0 bridgehead atoms. The SMILES string of the molecule is CCc1nn(-c2ccccc2)c(NC(=O)c2ncc[nH]2)c1C. The summed E-state index contributed by atoms with van der Waals surface area (Å²) in [6, 6.07) is 9.73. The van der Waals surface area contributed by atoms with Crippen molar-refractivity contribution in [1.82, 2.24) is 19.7 Å². The average Bonchev–Trinajstić information content (AvgIpc) is 3.18. The van der Waals surface area contributed by atoms with E-state index in [2.05, 4.69) is 20.4 Å². The zero-order valence-corrected chi connectivity index (χ0v) is 12.5. The summed E-state index contributed by atoms with van der Waals surface area (Å²) < 4.78 is 1.76. The number of aromatic amines is 1. The maximum atomic E-state index is 12.3. The number of carbonyl (C=O) groups excluding carboxylic acids is 1. The smallest absolute Gasteiger partial charge is 0.292 e. The summed E-state index contributed by atoms with van der Waals surface area (Å²) in [7, 11) is 0. The van der Waals surface area contributed by atoms with Gasteiger partial charge in [-0.1, -0.05) is 25.1 Å². The minimum Gasteiger partial charge on any atom is -0.341 e. The summed E-state index contributed by atoms with van der Waals surface area (Å²) >= 11 is 0. The van der Waals surface area contributed by atoms with Crippen LogP contribution in [0.1, 0.15) is 28.8 Å². The van der Waals surface area contributed by atoms with Gasteiger partial charge in [-0.2, -0.15) is 5.10 Å². The fraction of sp³-hybridized carbons (Fsp3) is 0.188. The molecule has 0 atom stereocenters. The summed E-state index contributed by atoms with van der Waals surface area (Å²) in [4.78, 5) is 19.0. The van der Waals surface area contributed by atoms with Crippen LogP contribution < -0.4 is 5.32 Å². The van der Waals surface area contributed by atoms with Crippen LogP contribution in [-0.4, -0.2) is 25.7 Å². The van der Waals surface area contributed by atoms with Crippen LogP contribution >= 0.6 is 0 Å². The quantitative estimate of drug-likeness (QED) is 0.777. The number of anilines is 1. The number of para-hydroxylation sites is 1. The predicted molar refractivity (Wildman–Crippen MR) is 84.2 cm³/mol. The summed E-state index contributed by atoms with van der Waals surface area (Å²) in [5.41, 5.74) is 2.82. The molecule has 0 aliphatic carbocycles. The number of carbonyl (C=O) groups is 1. The van der Waals surface area contributed by atoms with E-state index in [0.29, 0.717) is 5.82 Å². The van der Waals surface area contributed by atoms with E-state index in [1.54, 1.807) is 17.1 Å². The topological polar surface area (TPSA) is 75.6 Å². The van der Waals surface area contributed by atoms with Gasteiger partial charge in [0.25, 0.3) is 5.91 Å². The molecule has 2 heterocycles. The number of hydrogen-bond acceptors (Lipinski definition) is 3. The van der Waals surface area contributed by atoms with Crippen molar-refractivity contribution in [2.75, 3.05) is 5.32 Å². The fourth-order valence-electron chi connectivity index (χ4n) is 2.34. The second-order valence-electron chi connectivity index (χ2n) is 4.91. The standard InChI is InChI=1S/C16H17N5O/c1-3-13-11(2)15(19-16(22)14-17-9-10-18-14)21(20-13)12-7-5-4-6-8-12/h4-10H,3H2,1-2H3,(H,17,18)(H,19,22). The van der Waals surface area contributed by atoms with Gasteiger partial charge in [-0.3, -0.25) is 4.79 Å². The van der Waals surface area contributed by atoms with Crippen LogP contribution in [0, 0.1) is 6.92 Å². The third kappa shape index (κ3) is 2.50. The largest absolute Gasteiger partial charge is 0.341 e. The summed E-state index contributed by atoms with van der Waals surface area (Å²) in [5.74, 6) is 0.663. The minimum absolute atomic E-state index is 0.276. The van der Waals surface area contributed by atoms with Crippen LogP contribution in [0.15, 0.2) is 42.7 Å². The summed E-state index contributed by atoms with van der Waals surface area (Å²) in [6.45, 7) is 4.01. The molecule has 2 aromatic heterocycles. The number of rotatable bonds is 4. The summed E-state index contributed by atoms with van der Waals surface area (Å²) in [5, 5.41) is 7.51. The molecule has 6 heteroatoms. The highest BCUT2D eigenvalue weighted by Crippen LogP contribution is 2.23. The molecule has 0 aliphatic rings. The van der Waals surface area contributed by atoms with Gasteiger partial charge in [0, 0.05) is 18.0 Å². The van der Waals surface area contributed by atoms with E-state index in [9.17, 15) is 4.79 Å². The molecule has 0 fully saturated rings. The first-order valence-corrected chi connectivity index (χ1v) is 7.15. The molecule has 2 N–H and O–H groups in total. The van der Waals surface area contributed by atoms with E-state index in [0.717, 1.165) is 23.4 Å². The van der Waals surface area contributed by atoms with Gasteiger partial charge in [-0.25, -0.2) is 9.67 Å². The lowest BCUT2D eigenvalue weighted by molar-refractivity contribution is 0.101. The second kappa shape index (κ2) is 5.85. The van der Waals surface area contributed by atoms with Crippen LogP contribution in [-0.2, 0) is 6.42 Å². The number of nitrogens with zero attached hydrogens (tertiary/aromatic N) is 3. The summed E-state index contributed by atoms with van der Waals surface area (Å²) in [6.07, 6.45) is 3.97. The average molecular weight is 295 g/mol. The molecule has 3 rings (SSSR count). The van der Waals surface area contributed by atoms with Gasteiger partial charge in [0.2, 0.25) is 0 Å². The molecule has 0 radical (unpaired) electrons. The van der Waals surface area contributed by atoms with Gasteiger partial charge in [-0.05, 0) is 25.5 Å². The number of nitrogens with one attached hydrogen (secondary N) is 2. The van der Waals surface area contributed by atoms with Gasteiger partial charge in [0.05, 0.1) is 11.4 Å². The van der Waals surface area contributed by atoms with Crippen molar-refractivity contribution < 1.29 is 4.79 Å². The Bertz CT molecular complexity index is 774. The monoisotopic (exact) mass is 295 g/mol. The normalized spacial score (nSPS) is 10.6. The first kappa shape index (κ1) is 14.1. The molecular formula is C16H17N5O. The van der Waals surface area contributed by atoms with Crippen LogP contribution in [0.25, 0.3) is 5.69 Å². The highest BCUT2D eigenvalue weighted by Gasteiger charge is 2.18. The van der Waals surface area contributed by atoms with E-state index in [4.69, 9.17) is 0 Å². The Balaban J connectivity index is 2.02. The van der Waals surface area contributed by atoms with Gasteiger partial charge < -0.3 is 10.3 Å². The van der Waals surface area contributed by atoms with Crippen LogP contribution in [0.5, 0.6) is 0 Å². The Morgan fingerprint density at radius 1 is 1.32 bits per heavy atom. The Morgan fingerprint density at radius 2 is 2.09 bits per heavy atom. The van der Waals surface area contributed by atoms with Crippen molar-refractivity contribution in [3.8, 4) is 5.69 Å². The van der Waals surface area contributed by atoms with Crippen molar-refractivity contribution in [2.24, 2.45) is 0 Å². The Hall–Kier alpha value is -2.89. The Morgan fingerprint density at radius 3 is 2.73 bits per heavy atom. The van der Waals surface area contributed by atoms with Crippen molar-refractivity contribution in [2.45, 2.75) is 20.3 Å². The lowest BCUT2D eigenvalue weighted by Gasteiger charge is -2.09. The third-order valence-electron chi connectivity index (χ3n) is 3.50. The van der Waals surface area contributed by atoms with E-state index in [1.165, 1.54) is 0 Å². The maximum Gasteiger partial charge on any atom is 0.292 e. The molecular weight excluding hydrogens is 278 g/mol. The lowest BCUT2D eigenvalue weighted by atomic mass is 10.2.